The van der Waals surface area contributed by atoms with Crippen molar-refractivity contribution in [1.29, 1.82) is 0 Å². The average molecular weight is 277 g/mol. The number of benzene rings is 1. The van der Waals surface area contributed by atoms with Crippen LogP contribution in [-0.2, 0) is 4.79 Å². The number of nitrogens with zero attached hydrogens (tertiary/aromatic N) is 1. The molecule has 108 valence electrons. The molecule has 0 saturated carbocycles. The fourth-order valence-corrected chi connectivity index (χ4v) is 2.09. The molecule has 0 aliphatic carbocycles. The first-order chi connectivity index (χ1) is 9.58. The molecule has 2 rings (SSSR count). The summed E-state index contributed by atoms with van der Waals surface area (Å²) in [6.07, 6.45) is 0. The van der Waals surface area contributed by atoms with Crippen molar-refractivity contribution in [2.45, 2.75) is 19.9 Å². The van der Waals surface area contributed by atoms with Gasteiger partial charge in [0.2, 0.25) is 0 Å². The molecule has 0 radical (unpaired) electrons. The molecule has 6 heteroatoms. The Morgan fingerprint density at radius 2 is 1.75 bits per heavy atom. The summed E-state index contributed by atoms with van der Waals surface area (Å²) in [6, 6.07) is 5.05. The number of rotatable bonds is 4. The smallest absolute Gasteiger partial charge is 0.263 e. The van der Waals surface area contributed by atoms with Gasteiger partial charge in [0, 0.05) is 0 Å². The lowest BCUT2D eigenvalue weighted by atomic mass is 10.0. The number of amides is 1. The van der Waals surface area contributed by atoms with Gasteiger partial charge in [0.15, 0.2) is 5.84 Å². The number of ether oxygens (including phenoxy) is 2. The largest absolute Gasteiger partial charge is 0.496 e. The second kappa shape index (κ2) is 5.81. The topological polar surface area (TPSA) is 72.0 Å². The van der Waals surface area contributed by atoms with Crippen LogP contribution in [0.5, 0.6) is 11.5 Å². The number of amidine groups is 1. The van der Waals surface area contributed by atoms with Gasteiger partial charge in [-0.25, -0.2) is 0 Å². The van der Waals surface area contributed by atoms with E-state index in [4.69, 9.17) is 9.47 Å². The van der Waals surface area contributed by atoms with Crippen LogP contribution in [0.2, 0.25) is 0 Å². The standard InChI is InChI=1S/C14H19N3O3/c1-8(2)12-14(18)17-16-13(15-12)11-9(19-3)6-5-7-10(11)20-4/h5-8,12H,1-4H3,(H,15,16)(H,17,18). The third-order valence-corrected chi connectivity index (χ3v) is 3.14. The van der Waals surface area contributed by atoms with Gasteiger partial charge < -0.3 is 9.47 Å². The van der Waals surface area contributed by atoms with Gasteiger partial charge >= 0.3 is 0 Å². The van der Waals surface area contributed by atoms with Crippen molar-refractivity contribution in [2.24, 2.45) is 10.9 Å². The van der Waals surface area contributed by atoms with Crippen LogP contribution in [0.3, 0.4) is 0 Å². The van der Waals surface area contributed by atoms with Crippen molar-refractivity contribution in [3.8, 4) is 11.5 Å². The Balaban J connectivity index is 2.50. The zero-order chi connectivity index (χ0) is 14.7. The lowest BCUT2D eigenvalue weighted by molar-refractivity contribution is -0.124. The molecule has 1 unspecified atom stereocenters. The molecule has 20 heavy (non-hydrogen) atoms. The molecular weight excluding hydrogens is 258 g/mol. The maximum Gasteiger partial charge on any atom is 0.263 e. The predicted octanol–water partition coefficient (Wildman–Crippen LogP) is 1.11. The van der Waals surface area contributed by atoms with Crippen LogP contribution < -0.4 is 20.3 Å². The summed E-state index contributed by atoms with van der Waals surface area (Å²) >= 11 is 0. The molecule has 0 spiro atoms. The number of nitrogens with one attached hydrogen (secondary N) is 2. The Morgan fingerprint density at radius 3 is 2.25 bits per heavy atom. The number of carbonyl (C=O) groups excluding carboxylic acids is 1. The minimum Gasteiger partial charge on any atom is -0.496 e. The fourth-order valence-electron chi connectivity index (χ4n) is 2.09. The summed E-state index contributed by atoms with van der Waals surface area (Å²) in [7, 11) is 3.17. The molecule has 1 aliphatic heterocycles. The monoisotopic (exact) mass is 277 g/mol. The number of methoxy groups -OCH3 is 2. The number of aliphatic imine (C=N–C) groups is 1. The van der Waals surface area contributed by atoms with E-state index in [9.17, 15) is 4.79 Å². The van der Waals surface area contributed by atoms with E-state index >= 15 is 0 Å². The van der Waals surface area contributed by atoms with Gasteiger partial charge in [-0.2, -0.15) is 0 Å². The average Bonchev–Trinajstić information content (AvgIpc) is 2.46. The van der Waals surface area contributed by atoms with Crippen LogP contribution in [0.25, 0.3) is 0 Å². The van der Waals surface area contributed by atoms with Crippen LogP contribution in [-0.4, -0.2) is 32.0 Å². The first-order valence-corrected chi connectivity index (χ1v) is 6.43. The molecule has 1 aromatic rings. The Bertz CT molecular complexity index is 518. The zero-order valence-corrected chi connectivity index (χ0v) is 12.1. The first kappa shape index (κ1) is 14.2. The Hall–Kier alpha value is -2.24. The highest BCUT2D eigenvalue weighted by Crippen LogP contribution is 2.29. The Morgan fingerprint density at radius 1 is 1.15 bits per heavy atom. The molecule has 1 aliphatic rings. The van der Waals surface area contributed by atoms with E-state index < -0.39 is 6.04 Å². The number of hydrogen-bond acceptors (Lipinski definition) is 5. The van der Waals surface area contributed by atoms with Gasteiger partial charge in [0.05, 0.1) is 14.2 Å². The van der Waals surface area contributed by atoms with Crippen molar-refractivity contribution < 1.29 is 14.3 Å². The Kier molecular flexibility index (Phi) is 4.12. The highest BCUT2D eigenvalue weighted by Gasteiger charge is 2.28. The zero-order valence-electron chi connectivity index (χ0n) is 12.1. The highest BCUT2D eigenvalue weighted by molar-refractivity contribution is 6.07. The second-order valence-corrected chi connectivity index (χ2v) is 4.82. The van der Waals surface area contributed by atoms with E-state index in [1.165, 1.54) is 0 Å². The van der Waals surface area contributed by atoms with Crippen LogP contribution in [0.1, 0.15) is 19.4 Å². The summed E-state index contributed by atoms with van der Waals surface area (Å²) in [4.78, 5) is 16.3. The maximum absolute atomic E-state index is 11.8. The van der Waals surface area contributed by atoms with E-state index in [1.807, 2.05) is 32.0 Å². The predicted molar refractivity (Wildman–Crippen MR) is 76.0 cm³/mol. The van der Waals surface area contributed by atoms with Gasteiger partial charge in [-0.05, 0) is 18.1 Å². The second-order valence-electron chi connectivity index (χ2n) is 4.82. The summed E-state index contributed by atoms with van der Waals surface area (Å²) in [5.41, 5.74) is 6.14. The van der Waals surface area contributed by atoms with Crippen molar-refractivity contribution >= 4 is 11.7 Å². The minimum absolute atomic E-state index is 0.104. The number of carbonyl (C=O) groups is 1. The van der Waals surface area contributed by atoms with Crippen LogP contribution in [0, 0.1) is 5.92 Å². The lowest BCUT2D eigenvalue weighted by Gasteiger charge is -2.26. The minimum atomic E-state index is -0.430. The fraction of sp³-hybridized carbons (Fsp3) is 0.429. The van der Waals surface area contributed by atoms with Gasteiger partial charge in [-0.1, -0.05) is 19.9 Å². The van der Waals surface area contributed by atoms with Crippen LogP contribution >= 0.6 is 0 Å². The number of hydrazine groups is 1. The van der Waals surface area contributed by atoms with E-state index in [2.05, 4.69) is 15.8 Å². The molecular formula is C14H19N3O3. The molecule has 1 heterocycles. The summed E-state index contributed by atoms with van der Waals surface area (Å²) in [5.74, 6) is 1.77. The van der Waals surface area contributed by atoms with E-state index in [0.717, 1.165) is 0 Å². The number of hydrogen-bond donors (Lipinski definition) is 2. The van der Waals surface area contributed by atoms with Crippen molar-refractivity contribution in [1.82, 2.24) is 10.9 Å². The summed E-state index contributed by atoms with van der Waals surface area (Å²) in [5, 5.41) is 0. The molecule has 6 nitrogen and oxygen atoms in total. The molecule has 0 saturated heterocycles. The highest BCUT2D eigenvalue weighted by atomic mass is 16.5. The van der Waals surface area contributed by atoms with Gasteiger partial charge in [-0.15, -0.1) is 0 Å². The van der Waals surface area contributed by atoms with Crippen molar-refractivity contribution in [3.63, 3.8) is 0 Å². The molecule has 0 bridgehead atoms. The van der Waals surface area contributed by atoms with Crippen molar-refractivity contribution in [2.75, 3.05) is 14.2 Å². The summed E-state index contributed by atoms with van der Waals surface area (Å²) in [6.45, 7) is 3.91. The third kappa shape index (κ3) is 2.54. The molecule has 1 atom stereocenters. The van der Waals surface area contributed by atoms with E-state index in [-0.39, 0.29) is 11.8 Å². The molecule has 0 aromatic heterocycles. The molecule has 2 N–H and O–H groups in total. The molecule has 0 fully saturated rings. The van der Waals surface area contributed by atoms with Crippen molar-refractivity contribution in [3.05, 3.63) is 23.8 Å². The first-order valence-electron chi connectivity index (χ1n) is 6.43. The summed E-state index contributed by atoms with van der Waals surface area (Å²) < 4.78 is 10.7. The van der Waals surface area contributed by atoms with Crippen LogP contribution in [0.4, 0.5) is 0 Å². The Labute approximate surface area is 118 Å². The van der Waals surface area contributed by atoms with Crippen LogP contribution in [0.15, 0.2) is 23.2 Å². The van der Waals surface area contributed by atoms with Gasteiger partial charge in [0.1, 0.15) is 23.1 Å². The van der Waals surface area contributed by atoms with Gasteiger partial charge in [0.25, 0.3) is 5.91 Å². The molecule has 1 amide bonds. The molecule has 1 aromatic carbocycles. The normalized spacial score (nSPS) is 18.1. The van der Waals surface area contributed by atoms with E-state index in [0.29, 0.717) is 22.9 Å². The third-order valence-electron chi connectivity index (χ3n) is 3.14. The van der Waals surface area contributed by atoms with Gasteiger partial charge in [-0.3, -0.25) is 20.6 Å². The van der Waals surface area contributed by atoms with E-state index in [1.54, 1.807) is 14.2 Å². The quantitative estimate of drug-likeness (QED) is 0.865. The SMILES string of the molecule is COc1cccc(OC)c1C1=NC(C(C)C)C(=O)NN1. The maximum atomic E-state index is 11.8. The lowest BCUT2D eigenvalue weighted by Crippen LogP contribution is -2.52.